The van der Waals surface area contributed by atoms with Crippen LogP contribution in [0.15, 0.2) is 18.2 Å². The minimum absolute atomic E-state index is 0.00765. The summed E-state index contributed by atoms with van der Waals surface area (Å²) in [6.45, 7) is 1.77. The van der Waals surface area contributed by atoms with Crippen LogP contribution in [0.25, 0.3) is 0 Å². The van der Waals surface area contributed by atoms with Crippen LogP contribution >= 0.6 is 23.5 Å². The summed E-state index contributed by atoms with van der Waals surface area (Å²) in [4.78, 5) is 27.8. The minimum Gasteiger partial charge on any atom is -0.484 e. The Morgan fingerprint density at radius 1 is 1.24 bits per heavy atom. The normalized spacial score (nSPS) is 32.9. The molecule has 158 valence electrons. The molecule has 0 radical (unpaired) electrons. The van der Waals surface area contributed by atoms with Gasteiger partial charge >= 0.3 is 0 Å². The van der Waals surface area contributed by atoms with E-state index in [1.165, 1.54) is 24.1 Å². The van der Waals surface area contributed by atoms with Gasteiger partial charge in [0.05, 0.1) is 5.02 Å². The van der Waals surface area contributed by atoms with Crippen molar-refractivity contribution >= 4 is 35.4 Å². The van der Waals surface area contributed by atoms with E-state index in [0.717, 1.165) is 25.3 Å². The summed E-state index contributed by atoms with van der Waals surface area (Å²) in [5, 5.41) is 6.03. The number of hydrogen-bond acceptors (Lipinski definition) is 6. The summed E-state index contributed by atoms with van der Waals surface area (Å²) in [6.07, 6.45) is 2.72. The summed E-state index contributed by atoms with van der Waals surface area (Å²) in [5.41, 5.74) is 3.03. The van der Waals surface area contributed by atoms with Gasteiger partial charge in [-0.2, -0.15) is 0 Å². The van der Waals surface area contributed by atoms with E-state index in [9.17, 15) is 14.0 Å². The molecule has 4 unspecified atom stereocenters. The third kappa shape index (κ3) is 4.63. The highest BCUT2D eigenvalue weighted by molar-refractivity contribution is 7.99. The second-order valence-electron chi connectivity index (χ2n) is 7.95. The number of nitrogens with one attached hydrogen (secondary N) is 4. The first-order chi connectivity index (χ1) is 13.9. The van der Waals surface area contributed by atoms with Crippen LogP contribution in [0, 0.1) is 17.7 Å². The average molecular weight is 443 g/mol. The lowest BCUT2D eigenvalue weighted by Crippen LogP contribution is -2.61. The van der Waals surface area contributed by atoms with Gasteiger partial charge in [-0.3, -0.25) is 9.59 Å². The summed E-state index contributed by atoms with van der Waals surface area (Å²) in [5.74, 6) is 0.352. The topological polar surface area (TPSA) is 91.5 Å². The van der Waals surface area contributed by atoms with Crippen molar-refractivity contribution in [3.63, 3.8) is 0 Å². The molecule has 1 aromatic carbocycles. The van der Waals surface area contributed by atoms with Crippen LogP contribution in [-0.2, 0) is 9.59 Å². The largest absolute Gasteiger partial charge is 0.484 e. The quantitative estimate of drug-likeness (QED) is 0.502. The van der Waals surface area contributed by atoms with E-state index in [0.29, 0.717) is 11.8 Å². The van der Waals surface area contributed by atoms with Crippen molar-refractivity contribution in [2.75, 3.05) is 6.61 Å². The monoisotopic (exact) mass is 442 g/mol. The summed E-state index contributed by atoms with van der Waals surface area (Å²) < 4.78 is 18.8. The molecule has 3 saturated carbocycles. The van der Waals surface area contributed by atoms with Gasteiger partial charge in [-0.25, -0.2) is 14.6 Å². The van der Waals surface area contributed by atoms with E-state index in [1.54, 1.807) is 0 Å². The predicted octanol–water partition coefficient (Wildman–Crippen LogP) is 1.77. The molecule has 0 spiro atoms. The van der Waals surface area contributed by atoms with Gasteiger partial charge in [0.15, 0.2) is 6.61 Å². The van der Waals surface area contributed by atoms with E-state index >= 15 is 0 Å². The summed E-state index contributed by atoms with van der Waals surface area (Å²) >= 11 is 7.03. The highest BCUT2D eigenvalue weighted by Crippen LogP contribution is 2.46. The Kier molecular flexibility index (Phi) is 6.19. The summed E-state index contributed by atoms with van der Waals surface area (Å²) in [6, 6.07) is 4.20. The van der Waals surface area contributed by atoms with Gasteiger partial charge in [-0.05, 0) is 50.2 Å². The van der Waals surface area contributed by atoms with E-state index in [2.05, 4.69) is 20.9 Å². The van der Waals surface area contributed by atoms with Crippen molar-refractivity contribution in [1.29, 1.82) is 0 Å². The number of rotatable bonds is 6. The SMILES string of the molecule is CC1NNSC1C(=O)NC1CC(NC(=O)COc2ccc(Cl)c(F)c2)C2CC1C2. The van der Waals surface area contributed by atoms with E-state index < -0.39 is 5.82 Å². The molecule has 1 saturated heterocycles. The fourth-order valence-electron chi connectivity index (χ4n) is 4.26. The molecule has 0 aromatic heterocycles. The Balaban J connectivity index is 1.27. The van der Waals surface area contributed by atoms with Gasteiger partial charge in [-0.15, -0.1) is 0 Å². The Morgan fingerprint density at radius 3 is 2.62 bits per heavy atom. The zero-order valence-corrected chi connectivity index (χ0v) is 17.5. The number of carbonyl (C=O) groups excluding carboxylic acids is 2. The van der Waals surface area contributed by atoms with Crippen molar-refractivity contribution in [3.05, 3.63) is 29.0 Å². The van der Waals surface area contributed by atoms with Gasteiger partial charge < -0.3 is 15.4 Å². The lowest BCUT2D eigenvalue weighted by Gasteiger charge is -2.51. The molecule has 10 heteroatoms. The van der Waals surface area contributed by atoms with Gasteiger partial charge in [0.25, 0.3) is 5.91 Å². The third-order valence-electron chi connectivity index (χ3n) is 5.98. The molecule has 3 aliphatic carbocycles. The zero-order chi connectivity index (χ0) is 20.5. The molecule has 2 bridgehead atoms. The first-order valence-corrected chi connectivity index (χ1v) is 11.0. The van der Waals surface area contributed by atoms with Crippen LogP contribution in [0.4, 0.5) is 4.39 Å². The Bertz CT molecular complexity index is 795. The number of amides is 2. The molecule has 4 N–H and O–H groups in total. The maximum absolute atomic E-state index is 13.5. The van der Waals surface area contributed by atoms with Crippen molar-refractivity contribution in [2.45, 2.75) is 49.6 Å². The average Bonchev–Trinajstić information content (AvgIpc) is 3.07. The highest BCUT2D eigenvalue weighted by Gasteiger charge is 2.47. The van der Waals surface area contributed by atoms with Gasteiger partial charge in [0, 0.05) is 24.2 Å². The van der Waals surface area contributed by atoms with Crippen LogP contribution < -0.4 is 25.6 Å². The molecule has 2 amide bonds. The number of hydrogen-bond donors (Lipinski definition) is 4. The second kappa shape index (κ2) is 8.67. The fourth-order valence-corrected chi connectivity index (χ4v) is 5.20. The maximum Gasteiger partial charge on any atom is 0.258 e. The number of carbonyl (C=O) groups is 2. The van der Waals surface area contributed by atoms with Crippen LogP contribution in [0.2, 0.25) is 5.02 Å². The van der Waals surface area contributed by atoms with Gasteiger partial charge in [-0.1, -0.05) is 23.5 Å². The lowest BCUT2D eigenvalue weighted by molar-refractivity contribution is -0.126. The molecule has 4 aliphatic rings. The minimum atomic E-state index is -0.587. The molecule has 7 nitrogen and oxygen atoms in total. The molecular weight excluding hydrogens is 419 g/mol. The Labute approximate surface area is 177 Å². The van der Waals surface area contributed by atoms with E-state index in [4.69, 9.17) is 16.3 Å². The lowest BCUT2D eigenvalue weighted by atomic mass is 9.60. The van der Waals surface area contributed by atoms with Crippen molar-refractivity contribution in [1.82, 2.24) is 20.9 Å². The van der Waals surface area contributed by atoms with Crippen LogP contribution in [0.3, 0.4) is 0 Å². The number of ether oxygens (including phenoxy) is 1. The number of hydrazine groups is 1. The van der Waals surface area contributed by atoms with Crippen LogP contribution in [0.5, 0.6) is 5.75 Å². The highest BCUT2D eigenvalue weighted by atomic mass is 35.5. The van der Waals surface area contributed by atoms with Crippen molar-refractivity contribution < 1.29 is 18.7 Å². The summed E-state index contributed by atoms with van der Waals surface area (Å²) in [7, 11) is 0. The van der Waals surface area contributed by atoms with E-state index in [1.807, 2.05) is 6.92 Å². The Morgan fingerprint density at radius 2 is 1.97 bits per heavy atom. The Hall–Kier alpha value is -1.55. The smallest absolute Gasteiger partial charge is 0.258 e. The van der Waals surface area contributed by atoms with E-state index in [-0.39, 0.29) is 52.6 Å². The fraction of sp³-hybridized carbons (Fsp3) is 0.579. The van der Waals surface area contributed by atoms with Crippen molar-refractivity contribution in [3.8, 4) is 5.75 Å². The predicted molar refractivity (Wildman–Crippen MR) is 109 cm³/mol. The second-order valence-corrected chi connectivity index (χ2v) is 9.31. The standard InChI is InChI=1S/C19H24ClFN4O3S/c1-9-18(29-25-24-9)19(27)23-16-7-15(10-4-11(16)5-10)22-17(26)8-28-12-2-3-13(20)14(21)6-12/h2-3,6,9-11,15-16,18,24-25H,4-5,7-8H2,1H3,(H,22,26)(H,23,27). The molecule has 4 fully saturated rings. The molecule has 1 aromatic rings. The molecule has 29 heavy (non-hydrogen) atoms. The number of halogens is 2. The van der Waals surface area contributed by atoms with Gasteiger partial charge in [0.1, 0.15) is 16.8 Å². The molecule has 5 rings (SSSR count). The number of fused-ring (bicyclic) bond motifs is 2. The van der Waals surface area contributed by atoms with Crippen molar-refractivity contribution in [2.24, 2.45) is 11.8 Å². The molecule has 4 atom stereocenters. The first kappa shape index (κ1) is 20.7. The van der Waals surface area contributed by atoms with Gasteiger partial charge in [0.2, 0.25) is 5.91 Å². The first-order valence-electron chi connectivity index (χ1n) is 9.74. The molecule has 1 aliphatic heterocycles. The maximum atomic E-state index is 13.5. The molecule has 1 heterocycles. The van der Waals surface area contributed by atoms with Crippen LogP contribution in [-0.4, -0.2) is 41.8 Å². The molecular formula is C19H24ClFN4O3S. The third-order valence-corrected chi connectivity index (χ3v) is 7.40. The zero-order valence-electron chi connectivity index (χ0n) is 15.9. The number of benzene rings is 1. The van der Waals surface area contributed by atoms with Crippen LogP contribution in [0.1, 0.15) is 26.2 Å².